The first-order valence-electron chi connectivity index (χ1n) is 7.02. The van der Waals surface area contributed by atoms with Gasteiger partial charge in [0.15, 0.2) is 5.96 Å². The molecule has 1 aliphatic heterocycles. The molecule has 0 radical (unpaired) electrons. The highest BCUT2D eigenvalue weighted by Gasteiger charge is 2.36. The van der Waals surface area contributed by atoms with E-state index in [1.54, 1.807) is 7.11 Å². The molecule has 1 atom stereocenters. The largest absolute Gasteiger partial charge is 0.497 e. The minimum atomic E-state index is 0.130. The summed E-state index contributed by atoms with van der Waals surface area (Å²) in [7, 11) is 5.88. The van der Waals surface area contributed by atoms with Crippen molar-refractivity contribution in [3.05, 3.63) is 24.3 Å². The zero-order valence-electron chi connectivity index (χ0n) is 12.9. The molecule has 0 saturated carbocycles. The van der Waals surface area contributed by atoms with Crippen LogP contribution in [-0.4, -0.2) is 55.7 Å². The van der Waals surface area contributed by atoms with Crippen molar-refractivity contribution in [2.24, 2.45) is 10.7 Å². The van der Waals surface area contributed by atoms with Gasteiger partial charge in [0.05, 0.1) is 13.7 Å². The van der Waals surface area contributed by atoms with Gasteiger partial charge in [-0.2, -0.15) is 11.8 Å². The Bertz CT molecular complexity index is 498. The number of rotatable bonds is 5. The molecule has 1 aliphatic rings. The lowest BCUT2D eigenvalue weighted by Gasteiger charge is -2.34. The van der Waals surface area contributed by atoms with Gasteiger partial charge in [-0.3, -0.25) is 4.99 Å². The van der Waals surface area contributed by atoms with Gasteiger partial charge < -0.3 is 20.7 Å². The maximum absolute atomic E-state index is 6.01. The highest BCUT2D eigenvalue weighted by atomic mass is 32.2. The standard InChI is InChI=1S/C15H24N4OS/c1-19(2)15(7-8-21-11-15)10-17-14(16)18-12-5-4-6-13(9-12)20-3/h4-6,9H,7-8,10-11H2,1-3H3,(H3,16,17,18). The van der Waals surface area contributed by atoms with Crippen molar-refractivity contribution in [3.8, 4) is 5.75 Å². The number of nitrogens with one attached hydrogen (secondary N) is 1. The van der Waals surface area contributed by atoms with Gasteiger partial charge in [0.1, 0.15) is 5.75 Å². The normalized spacial score (nSPS) is 22.6. The summed E-state index contributed by atoms with van der Waals surface area (Å²) in [6.07, 6.45) is 1.15. The molecule has 0 amide bonds. The Kier molecular flexibility index (Phi) is 5.36. The number of hydrogen-bond acceptors (Lipinski definition) is 4. The number of benzene rings is 1. The van der Waals surface area contributed by atoms with E-state index in [1.165, 1.54) is 5.75 Å². The third-order valence-corrected chi connectivity index (χ3v) is 5.15. The van der Waals surface area contributed by atoms with Crippen molar-refractivity contribution >= 4 is 23.4 Å². The van der Waals surface area contributed by atoms with Crippen LogP contribution in [0.5, 0.6) is 5.75 Å². The molecule has 1 unspecified atom stereocenters. The molecule has 5 nitrogen and oxygen atoms in total. The molecule has 3 N–H and O–H groups in total. The van der Waals surface area contributed by atoms with Crippen molar-refractivity contribution < 1.29 is 4.74 Å². The monoisotopic (exact) mass is 308 g/mol. The second-order valence-electron chi connectivity index (χ2n) is 5.48. The Morgan fingerprint density at radius 2 is 2.33 bits per heavy atom. The van der Waals surface area contributed by atoms with Gasteiger partial charge in [-0.25, -0.2) is 0 Å². The SMILES string of the molecule is COc1cccc(NC(N)=NCC2(N(C)C)CCSC2)c1. The molecule has 0 aliphatic carbocycles. The molecule has 1 aromatic rings. The van der Waals surface area contributed by atoms with Crippen molar-refractivity contribution in [1.29, 1.82) is 0 Å². The Morgan fingerprint density at radius 1 is 1.52 bits per heavy atom. The molecule has 1 heterocycles. The van der Waals surface area contributed by atoms with Gasteiger partial charge in [0, 0.05) is 23.0 Å². The molecule has 1 aromatic carbocycles. The van der Waals surface area contributed by atoms with Crippen molar-refractivity contribution in [2.45, 2.75) is 12.0 Å². The van der Waals surface area contributed by atoms with Crippen LogP contribution in [0.2, 0.25) is 0 Å². The molecular weight excluding hydrogens is 284 g/mol. The zero-order chi connectivity index (χ0) is 15.3. The van der Waals surface area contributed by atoms with Crippen LogP contribution in [0.1, 0.15) is 6.42 Å². The van der Waals surface area contributed by atoms with Crippen LogP contribution in [0.15, 0.2) is 29.3 Å². The third kappa shape index (κ3) is 4.04. The first-order chi connectivity index (χ1) is 10.1. The van der Waals surface area contributed by atoms with Gasteiger partial charge in [0.25, 0.3) is 0 Å². The Morgan fingerprint density at radius 3 is 2.95 bits per heavy atom. The quantitative estimate of drug-likeness (QED) is 0.642. The maximum atomic E-state index is 6.01. The molecule has 0 spiro atoms. The van der Waals surface area contributed by atoms with Crippen LogP contribution in [0, 0.1) is 0 Å². The van der Waals surface area contributed by atoms with E-state index in [-0.39, 0.29) is 5.54 Å². The fraction of sp³-hybridized carbons (Fsp3) is 0.533. The van der Waals surface area contributed by atoms with E-state index in [0.29, 0.717) is 5.96 Å². The van der Waals surface area contributed by atoms with E-state index in [4.69, 9.17) is 10.5 Å². The van der Waals surface area contributed by atoms with Crippen LogP contribution in [0.25, 0.3) is 0 Å². The van der Waals surface area contributed by atoms with Crippen LogP contribution < -0.4 is 15.8 Å². The average molecular weight is 308 g/mol. The van der Waals surface area contributed by atoms with E-state index in [1.807, 2.05) is 36.0 Å². The summed E-state index contributed by atoms with van der Waals surface area (Å²) in [6, 6.07) is 7.66. The first-order valence-corrected chi connectivity index (χ1v) is 8.17. The zero-order valence-corrected chi connectivity index (χ0v) is 13.7. The number of ether oxygens (including phenoxy) is 1. The van der Waals surface area contributed by atoms with Crippen molar-refractivity contribution in [2.75, 3.05) is 44.6 Å². The minimum Gasteiger partial charge on any atom is -0.497 e. The molecule has 21 heavy (non-hydrogen) atoms. The molecule has 1 saturated heterocycles. The predicted octanol–water partition coefficient (Wildman–Crippen LogP) is 1.86. The summed E-state index contributed by atoms with van der Waals surface area (Å²) in [4.78, 5) is 6.81. The summed E-state index contributed by atoms with van der Waals surface area (Å²) in [5, 5.41) is 3.12. The number of nitrogens with zero attached hydrogens (tertiary/aromatic N) is 2. The van der Waals surface area contributed by atoms with Gasteiger partial charge in [-0.15, -0.1) is 0 Å². The number of guanidine groups is 1. The lowest BCUT2D eigenvalue weighted by atomic mass is 9.98. The van der Waals surface area contributed by atoms with Crippen LogP contribution in [0.4, 0.5) is 5.69 Å². The summed E-state index contributed by atoms with van der Waals surface area (Å²) >= 11 is 1.98. The second kappa shape index (κ2) is 7.04. The van der Waals surface area contributed by atoms with Crippen molar-refractivity contribution in [1.82, 2.24) is 4.90 Å². The number of nitrogens with two attached hydrogens (primary N) is 1. The number of aliphatic imine (C=N–C) groups is 1. The summed E-state index contributed by atoms with van der Waals surface area (Å²) in [6.45, 7) is 0.718. The Hall–Kier alpha value is -1.40. The van der Waals surface area contributed by atoms with Crippen LogP contribution in [0.3, 0.4) is 0 Å². The number of hydrogen-bond donors (Lipinski definition) is 2. The summed E-state index contributed by atoms with van der Waals surface area (Å²) < 4.78 is 5.20. The van der Waals surface area contributed by atoms with Gasteiger partial charge in [0.2, 0.25) is 0 Å². The molecule has 0 bridgehead atoms. The first kappa shape index (κ1) is 16.0. The van der Waals surface area contributed by atoms with E-state index in [2.05, 4.69) is 29.3 Å². The summed E-state index contributed by atoms with van der Waals surface area (Å²) in [5.41, 5.74) is 7.02. The molecule has 6 heteroatoms. The number of methoxy groups -OCH3 is 1. The molecule has 1 fully saturated rings. The lowest BCUT2D eigenvalue weighted by molar-refractivity contribution is 0.190. The smallest absolute Gasteiger partial charge is 0.193 e. The van der Waals surface area contributed by atoms with Gasteiger partial charge >= 0.3 is 0 Å². The maximum Gasteiger partial charge on any atom is 0.193 e. The molecule has 0 aromatic heterocycles. The summed E-state index contributed by atoms with van der Waals surface area (Å²) in [5.74, 6) is 3.54. The molecular formula is C15H24N4OS. The number of anilines is 1. The second-order valence-corrected chi connectivity index (χ2v) is 6.58. The Labute approximate surface area is 130 Å². The molecule has 116 valence electrons. The van der Waals surface area contributed by atoms with E-state index in [0.717, 1.165) is 30.2 Å². The van der Waals surface area contributed by atoms with Gasteiger partial charge in [-0.1, -0.05) is 6.07 Å². The van der Waals surface area contributed by atoms with Crippen molar-refractivity contribution in [3.63, 3.8) is 0 Å². The molecule has 2 rings (SSSR count). The van der Waals surface area contributed by atoms with E-state index in [9.17, 15) is 0 Å². The Balaban J connectivity index is 2.00. The predicted molar refractivity (Wildman–Crippen MR) is 91.5 cm³/mol. The van der Waals surface area contributed by atoms with E-state index >= 15 is 0 Å². The lowest BCUT2D eigenvalue weighted by Crippen LogP contribution is -2.47. The fourth-order valence-electron chi connectivity index (χ4n) is 2.34. The topological polar surface area (TPSA) is 62.9 Å². The fourth-order valence-corrected chi connectivity index (χ4v) is 3.88. The highest BCUT2D eigenvalue weighted by Crippen LogP contribution is 2.32. The van der Waals surface area contributed by atoms with E-state index < -0.39 is 0 Å². The minimum absolute atomic E-state index is 0.130. The number of likely N-dealkylation sites (N-methyl/N-ethyl adjacent to an activating group) is 1. The average Bonchev–Trinajstić information content (AvgIpc) is 2.95. The van der Waals surface area contributed by atoms with Gasteiger partial charge in [-0.05, 0) is 38.4 Å². The third-order valence-electron chi connectivity index (χ3n) is 3.92. The number of thioether (sulfide) groups is 1. The van der Waals surface area contributed by atoms with Crippen LogP contribution >= 0.6 is 11.8 Å². The van der Waals surface area contributed by atoms with Crippen LogP contribution in [-0.2, 0) is 0 Å². The highest BCUT2D eigenvalue weighted by molar-refractivity contribution is 7.99.